The number of carbonyl (C=O) groups is 1. The van der Waals surface area contributed by atoms with Crippen molar-refractivity contribution < 1.29 is 4.79 Å². The Kier molecular flexibility index (Phi) is 2.61. The molecule has 0 aliphatic carbocycles. The Bertz CT molecular complexity index is 531. The summed E-state index contributed by atoms with van der Waals surface area (Å²) in [6, 6.07) is 3.94. The van der Waals surface area contributed by atoms with Crippen molar-refractivity contribution >= 4 is 27.4 Å². The molecule has 0 radical (unpaired) electrons. The Morgan fingerprint density at radius 2 is 2.27 bits per heavy atom. The second-order valence-corrected chi connectivity index (χ2v) is 4.10. The van der Waals surface area contributed by atoms with Gasteiger partial charge in [-0.1, -0.05) is 15.9 Å². The van der Waals surface area contributed by atoms with Crippen LogP contribution in [-0.2, 0) is 0 Å². The second-order valence-electron chi connectivity index (χ2n) is 3.53. The Morgan fingerprint density at radius 3 is 2.93 bits per heavy atom. The average molecular weight is 267 g/mol. The molecule has 4 heteroatoms. The third kappa shape index (κ3) is 1.69. The molecule has 0 aromatic carbocycles. The number of carbonyl (C=O) groups excluding carboxylic acids is 1. The monoisotopic (exact) mass is 266 g/mol. The number of rotatable bonds is 2. The van der Waals surface area contributed by atoms with Gasteiger partial charge in [0.25, 0.3) is 0 Å². The highest BCUT2D eigenvalue weighted by molar-refractivity contribution is 9.09. The summed E-state index contributed by atoms with van der Waals surface area (Å²) >= 11 is 3.18. The number of hydrogen-bond donors (Lipinski definition) is 0. The fourth-order valence-electron chi connectivity index (χ4n) is 1.66. The standard InChI is InChI=1S/C11H11BrN2O/c1-7-3-4-14-10(5-7)13-8(2)11(14)9(15)6-12/h3-5H,6H2,1-2H3. The molecule has 0 aliphatic heterocycles. The molecule has 0 amide bonds. The van der Waals surface area contributed by atoms with Crippen molar-refractivity contribution in [1.29, 1.82) is 0 Å². The summed E-state index contributed by atoms with van der Waals surface area (Å²) in [6.07, 6.45) is 1.89. The molecule has 2 heterocycles. The minimum Gasteiger partial charge on any atom is -0.297 e. The van der Waals surface area contributed by atoms with Crippen LogP contribution in [0, 0.1) is 13.8 Å². The summed E-state index contributed by atoms with van der Waals surface area (Å²) in [7, 11) is 0. The molecule has 0 bridgehead atoms. The molecule has 0 atom stereocenters. The smallest absolute Gasteiger partial charge is 0.191 e. The van der Waals surface area contributed by atoms with Crippen molar-refractivity contribution in [3.63, 3.8) is 0 Å². The van der Waals surface area contributed by atoms with Gasteiger partial charge in [0.15, 0.2) is 5.78 Å². The largest absolute Gasteiger partial charge is 0.297 e. The molecule has 0 aliphatic rings. The van der Waals surface area contributed by atoms with Gasteiger partial charge in [0, 0.05) is 6.20 Å². The maximum atomic E-state index is 11.7. The van der Waals surface area contributed by atoms with Crippen LogP contribution in [0.4, 0.5) is 0 Å². The fourth-order valence-corrected chi connectivity index (χ4v) is 1.93. The number of pyridine rings is 1. The molecule has 3 nitrogen and oxygen atoms in total. The molecular formula is C11H11BrN2O. The quantitative estimate of drug-likeness (QED) is 0.619. The lowest BCUT2D eigenvalue weighted by Crippen LogP contribution is -2.06. The maximum absolute atomic E-state index is 11.7. The molecule has 0 saturated carbocycles. The van der Waals surface area contributed by atoms with Crippen molar-refractivity contribution in [2.24, 2.45) is 0 Å². The zero-order valence-corrected chi connectivity index (χ0v) is 10.2. The van der Waals surface area contributed by atoms with E-state index in [4.69, 9.17) is 0 Å². The number of fused-ring (bicyclic) bond motifs is 1. The Hall–Kier alpha value is -1.16. The zero-order valence-electron chi connectivity index (χ0n) is 8.62. The molecule has 0 saturated heterocycles. The predicted octanol–water partition coefficient (Wildman–Crippen LogP) is 2.53. The van der Waals surface area contributed by atoms with E-state index in [1.807, 2.05) is 36.6 Å². The van der Waals surface area contributed by atoms with E-state index in [9.17, 15) is 4.79 Å². The van der Waals surface area contributed by atoms with Gasteiger partial charge < -0.3 is 0 Å². The highest BCUT2D eigenvalue weighted by Crippen LogP contribution is 2.14. The zero-order chi connectivity index (χ0) is 11.0. The number of Topliss-reactive ketones (excluding diaryl/α,β-unsaturated/α-hetero) is 1. The number of halogens is 1. The van der Waals surface area contributed by atoms with Crippen molar-refractivity contribution in [2.45, 2.75) is 13.8 Å². The van der Waals surface area contributed by atoms with Crippen LogP contribution in [0.3, 0.4) is 0 Å². The minimum absolute atomic E-state index is 0.0591. The SMILES string of the molecule is Cc1ccn2c(C(=O)CBr)c(C)nc2c1. The third-order valence-electron chi connectivity index (χ3n) is 2.34. The molecule has 2 aromatic heterocycles. The predicted molar refractivity (Wildman–Crippen MR) is 62.8 cm³/mol. The summed E-state index contributed by atoms with van der Waals surface area (Å²) < 4.78 is 1.84. The normalized spacial score (nSPS) is 10.9. The van der Waals surface area contributed by atoms with Crippen LogP contribution < -0.4 is 0 Å². The Morgan fingerprint density at radius 1 is 1.53 bits per heavy atom. The van der Waals surface area contributed by atoms with E-state index in [1.165, 1.54) is 0 Å². The molecule has 0 spiro atoms. The van der Waals surface area contributed by atoms with E-state index in [0.717, 1.165) is 16.9 Å². The molecule has 0 N–H and O–H groups in total. The number of aromatic nitrogens is 2. The molecular weight excluding hydrogens is 256 g/mol. The van der Waals surface area contributed by atoms with Crippen molar-refractivity contribution in [1.82, 2.24) is 9.38 Å². The summed E-state index contributed by atoms with van der Waals surface area (Å²) in [5.74, 6) is 0.0591. The Labute approximate surface area is 96.3 Å². The molecule has 15 heavy (non-hydrogen) atoms. The van der Waals surface area contributed by atoms with Crippen LogP contribution in [0.5, 0.6) is 0 Å². The molecule has 78 valence electrons. The van der Waals surface area contributed by atoms with Gasteiger partial charge in [0.2, 0.25) is 0 Å². The van der Waals surface area contributed by atoms with Gasteiger partial charge in [0.1, 0.15) is 11.3 Å². The van der Waals surface area contributed by atoms with Crippen molar-refractivity contribution in [3.8, 4) is 0 Å². The summed E-state index contributed by atoms with van der Waals surface area (Å²) in [5, 5.41) is 0.329. The number of imidazole rings is 1. The first-order chi connectivity index (χ1) is 7.13. The molecule has 2 rings (SSSR count). The first-order valence-electron chi connectivity index (χ1n) is 4.68. The van der Waals surface area contributed by atoms with Gasteiger partial charge >= 0.3 is 0 Å². The number of aryl methyl sites for hydroxylation is 2. The van der Waals surface area contributed by atoms with Gasteiger partial charge in [-0.15, -0.1) is 0 Å². The number of hydrogen-bond acceptors (Lipinski definition) is 2. The van der Waals surface area contributed by atoms with Gasteiger partial charge in [0.05, 0.1) is 11.0 Å². The van der Waals surface area contributed by atoms with E-state index in [2.05, 4.69) is 20.9 Å². The number of alkyl halides is 1. The minimum atomic E-state index is 0.0591. The second kappa shape index (κ2) is 3.77. The lowest BCUT2D eigenvalue weighted by Gasteiger charge is -1.99. The van der Waals surface area contributed by atoms with Gasteiger partial charge in [-0.3, -0.25) is 9.20 Å². The lowest BCUT2D eigenvalue weighted by molar-refractivity contribution is 0.101. The van der Waals surface area contributed by atoms with Crippen LogP contribution in [0.25, 0.3) is 5.65 Å². The summed E-state index contributed by atoms with van der Waals surface area (Å²) in [5.41, 5.74) is 3.43. The van der Waals surface area contributed by atoms with Crippen LogP contribution in [0.15, 0.2) is 18.3 Å². The van der Waals surface area contributed by atoms with E-state index >= 15 is 0 Å². The summed E-state index contributed by atoms with van der Waals surface area (Å²) in [4.78, 5) is 16.1. The topological polar surface area (TPSA) is 34.4 Å². The van der Waals surface area contributed by atoms with Crippen molar-refractivity contribution in [3.05, 3.63) is 35.3 Å². The fraction of sp³-hybridized carbons (Fsp3) is 0.273. The highest BCUT2D eigenvalue weighted by Gasteiger charge is 2.14. The van der Waals surface area contributed by atoms with Gasteiger partial charge in [-0.2, -0.15) is 0 Å². The first kappa shape index (κ1) is 10.4. The molecule has 0 fully saturated rings. The average Bonchev–Trinajstić information content (AvgIpc) is 2.52. The van der Waals surface area contributed by atoms with Crippen LogP contribution >= 0.6 is 15.9 Å². The van der Waals surface area contributed by atoms with Crippen LogP contribution in [0.1, 0.15) is 21.7 Å². The Balaban J connectivity index is 2.73. The number of ketones is 1. The van der Waals surface area contributed by atoms with E-state index in [0.29, 0.717) is 11.0 Å². The van der Waals surface area contributed by atoms with E-state index in [1.54, 1.807) is 0 Å². The third-order valence-corrected chi connectivity index (χ3v) is 2.85. The maximum Gasteiger partial charge on any atom is 0.191 e. The molecule has 0 unspecified atom stereocenters. The van der Waals surface area contributed by atoms with Gasteiger partial charge in [-0.25, -0.2) is 4.98 Å². The van der Waals surface area contributed by atoms with E-state index in [-0.39, 0.29) is 5.78 Å². The van der Waals surface area contributed by atoms with E-state index < -0.39 is 0 Å². The van der Waals surface area contributed by atoms with Gasteiger partial charge in [-0.05, 0) is 31.5 Å². The lowest BCUT2D eigenvalue weighted by atomic mass is 10.2. The van der Waals surface area contributed by atoms with Crippen LogP contribution in [0.2, 0.25) is 0 Å². The molecule has 2 aromatic rings. The summed E-state index contributed by atoms with van der Waals surface area (Å²) in [6.45, 7) is 3.87. The van der Waals surface area contributed by atoms with Crippen LogP contribution in [-0.4, -0.2) is 20.5 Å². The first-order valence-corrected chi connectivity index (χ1v) is 5.80. The highest BCUT2D eigenvalue weighted by atomic mass is 79.9. The van der Waals surface area contributed by atoms with Crippen molar-refractivity contribution in [2.75, 3.05) is 5.33 Å². The number of nitrogens with zero attached hydrogens (tertiary/aromatic N) is 2.